The Labute approximate surface area is 216 Å². The first-order valence-electron chi connectivity index (χ1n) is 16.6. The second-order valence-corrected chi connectivity index (χ2v) is 12.4. The minimum Gasteiger partial charge on any atom is -0.316 e. The van der Waals surface area contributed by atoms with Crippen LogP contribution in [0.3, 0.4) is 0 Å². The van der Waals surface area contributed by atoms with Gasteiger partial charge in [-0.1, -0.05) is 155 Å². The van der Waals surface area contributed by atoms with Crippen LogP contribution >= 0.6 is 0 Å². The van der Waals surface area contributed by atoms with E-state index in [1.807, 2.05) is 0 Å². The molecular weight excluding hydrogens is 410 g/mol. The summed E-state index contributed by atoms with van der Waals surface area (Å²) < 4.78 is 0. The van der Waals surface area contributed by atoms with E-state index >= 15 is 0 Å². The summed E-state index contributed by atoms with van der Waals surface area (Å²) in [4.78, 5) is 0. The highest BCUT2D eigenvalue weighted by molar-refractivity contribution is 4.85. The van der Waals surface area contributed by atoms with Crippen LogP contribution in [0.2, 0.25) is 0 Å². The quantitative estimate of drug-likeness (QED) is 0.137. The van der Waals surface area contributed by atoms with Crippen LogP contribution in [0.1, 0.15) is 174 Å². The molecule has 1 aliphatic heterocycles. The first kappa shape index (κ1) is 30.2. The second-order valence-electron chi connectivity index (χ2n) is 12.4. The van der Waals surface area contributed by atoms with E-state index in [1.165, 1.54) is 154 Å². The Morgan fingerprint density at radius 2 is 1.06 bits per heavy atom. The molecule has 0 aromatic heterocycles. The van der Waals surface area contributed by atoms with Crippen LogP contribution in [0.5, 0.6) is 0 Å². The molecule has 1 saturated carbocycles. The maximum absolute atomic E-state index is 3.70. The number of unbranched alkanes of at least 4 members (excludes halogenated alkanes) is 15. The van der Waals surface area contributed by atoms with Crippen molar-refractivity contribution in [1.82, 2.24) is 5.32 Å². The normalized spacial score (nSPS) is 23.3. The maximum atomic E-state index is 3.70. The van der Waals surface area contributed by atoms with Crippen molar-refractivity contribution >= 4 is 0 Å². The van der Waals surface area contributed by atoms with Gasteiger partial charge in [-0.25, -0.2) is 0 Å². The molecule has 0 amide bonds. The van der Waals surface area contributed by atoms with E-state index in [-0.39, 0.29) is 0 Å². The Bertz CT molecular complexity index is 426. The summed E-state index contributed by atoms with van der Waals surface area (Å²) in [5.74, 6) is 4.25. The molecule has 1 aliphatic carbocycles. The van der Waals surface area contributed by atoms with Gasteiger partial charge in [-0.05, 0) is 56.0 Å². The molecule has 0 spiro atoms. The van der Waals surface area contributed by atoms with E-state index in [0.29, 0.717) is 0 Å². The van der Waals surface area contributed by atoms with Gasteiger partial charge in [0.25, 0.3) is 0 Å². The fraction of sp³-hybridized carbons (Fsp3) is 1.00. The van der Waals surface area contributed by atoms with Gasteiger partial charge in [-0.2, -0.15) is 0 Å². The number of hydrogen-bond acceptors (Lipinski definition) is 1. The molecule has 1 saturated heterocycles. The standard InChI is InChI=1S/C33H65N/c1-3-5-7-9-13-17-22-30(33-26-21-27-34-29-33)23-18-15-11-12-16-20-25-32-28-31(32)24-19-14-10-8-6-4-2/h30-34H,3-29H2,1-2H3. The van der Waals surface area contributed by atoms with Gasteiger partial charge in [0.1, 0.15) is 0 Å². The van der Waals surface area contributed by atoms with Gasteiger partial charge in [-0.3, -0.25) is 0 Å². The van der Waals surface area contributed by atoms with Gasteiger partial charge in [0.2, 0.25) is 0 Å². The number of nitrogens with one attached hydrogen (secondary N) is 1. The lowest BCUT2D eigenvalue weighted by atomic mass is 9.79. The average Bonchev–Trinajstić information content (AvgIpc) is 3.62. The zero-order valence-corrected chi connectivity index (χ0v) is 23.9. The Morgan fingerprint density at radius 1 is 0.588 bits per heavy atom. The molecule has 1 heteroatoms. The van der Waals surface area contributed by atoms with Crippen molar-refractivity contribution < 1.29 is 0 Å². The monoisotopic (exact) mass is 476 g/mol. The summed E-state index contributed by atoms with van der Waals surface area (Å²) in [6, 6.07) is 0. The van der Waals surface area contributed by atoms with E-state index in [9.17, 15) is 0 Å². The molecule has 1 N–H and O–H groups in total. The molecule has 34 heavy (non-hydrogen) atoms. The summed E-state index contributed by atoms with van der Waals surface area (Å²) in [6.07, 6.45) is 37.2. The van der Waals surface area contributed by atoms with E-state index in [0.717, 1.165) is 23.7 Å². The summed E-state index contributed by atoms with van der Waals surface area (Å²) in [7, 11) is 0. The van der Waals surface area contributed by atoms with Crippen molar-refractivity contribution in [2.75, 3.05) is 13.1 Å². The summed E-state index contributed by atoms with van der Waals surface area (Å²) >= 11 is 0. The van der Waals surface area contributed by atoms with Gasteiger partial charge in [0.05, 0.1) is 0 Å². The minimum atomic E-state index is 0.979. The van der Waals surface area contributed by atoms with Gasteiger partial charge < -0.3 is 5.32 Å². The Balaban J connectivity index is 1.41. The van der Waals surface area contributed by atoms with Crippen molar-refractivity contribution in [2.45, 2.75) is 174 Å². The second kappa shape index (κ2) is 21.1. The summed E-state index contributed by atoms with van der Waals surface area (Å²) in [5, 5.41) is 3.70. The summed E-state index contributed by atoms with van der Waals surface area (Å²) in [5.41, 5.74) is 0. The molecule has 0 aromatic rings. The van der Waals surface area contributed by atoms with Crippen LogP contribution in [0, 0.1) is 23.7 Å². The molecule has 1 nitrogen and oxygen atoms in total. The first-order chi connectivity index (χ1) is 16.8. The Morgan fingerprint density at radius 3 is 1.53 bits per heavy atom. The van der Waals surface area contributed by atoms with Crippen LogP contribution in [-0.2, 0) is 0 Å². The SMILES string of the molecule is CCCCCCCCC(CCCCCCCCC1CC1CCCCCCCC)C1CCCNC1. The van der Waals surface area contributed by atoms with Crippen molar-refractivity contribution in [2.24, 2.45) is 23.7 Å². The van der Waals surface area contributed by atoms with Crippen LogP contribution in [0.15, 0.2) is 0 Å². The lowest BCUT2D eigenvalue weighted by Gasteiger charge is -2.31. The fourth-order valence-corrected chi connectivity index (χ4v) is 6.81. The van der Waals surface area contributed by atoms with Crippen molar-refractivity contribution in [3.8, 4) is 0 Å². The molecule has 2 aliphatic rings. The fourth-order valence-electron chi connectivity index (χ4n) is 6.81. The third kappa shape index (κ3) is 15.2. The van der Waals surface area contributed by atoms with Gasteiger partial charge in [0, 0.05) is 0 Å². The number of piperidine rings is 1. The van der Waals surface area contributed by atoms with E-state index in [1.54, 1.807) is 19.3 Å². The van der Waals surface area contributed by atoms with Gasteiger partial charge in [0.15, 0.2) is 0 Å². The van der Waals surface area contributed by atoms with E-state index < -0.39 is 0 Å². The number of rotatable bonds is 24. The molecule has 0 bridgehead atoms. The van der Waals surface area contributed by atoms with Crippen LogP contribution in [0.4, 0.5) is 0 Å². The predicted octanol–water partition coefficient (Wildman–Crippen LogP) is 10.9. The molecule has 4 unspecified atom stereocenters. The molecule has 2 fully saturated rings. The van der Waals surface area contributed by atoms with Crippen molar-refractivity contribution in [3.05, 3.63) is 0 Å². The smallest absolute Gasteiger partial charge is 0.00179 e. The molecule has 2 rings (SSSR count). The molecule has 0 aromatic carbocycles. The van der Waals surface area contributed by atoms with E-state index in [2.05, 4.69) is 19.2 Å². The largest absolute Gasteiger partial charge is 0.316 e. The first-order valence-corrected chi connectivity index (χ1v) is 16.6. The zero-order valence-electron chi connectivity index (χ0n) is 23.9. The lowest BCUT2D eigenvalue weighted by Crippen LogP contribution is -2.34. The van der Waals surface area contributed by atoms with Crippen molar-refractivity contribution in [3.63, 3.8) is 0 Å². The highest BCUT2D eigenvalue weighted by atomic mass is 14.9. The van der Waals surface area contributed by atoms with Crippen LogP contribution < -0.4 is 5.32 Å². The molecular formula is C33H65N. The number of hydrogen-bond donors (Lipinski definition) is 1. The molecule has 1 heterocycles. The van der Waals surface area contributed by atoms with Gasteiger partial charge >= 0.3 is 0 Å². The molecule has 4 atom stereocenters. The third-order valence-electron chi connectivity index (χ3n) is 9.33. The zero-order chi connectivity index (χ0) is 24.1. The van der Waals surface area contributed by atoms with Crippen LogP contribution in [0.25, 0.3) is 0 Å². The third-order valence-corrected chi connectivity index (χ3v) is 9.33. The molecule has 0 radical (unpaired) electrons. The predicted molar refractivity (Wildman–Crippen MR) is 154 cm³/mol. The lowest BCUT2D eigenvalue weighted by molar-refractivity contribution is 0.228. The topological polar surface area (TPSA) is 12.0 Å². The average molecular weight is 476 g/mol. The Kier molecular flexibility index (Phi) is 18.7. The minimum absolute atomic E-state index is 0.979. The van der Waals surface area contributed by atoms with Crippen LogP contribution in [-0.4, -0.2) is 13.1 Å². The summed E-state index contributed by atoms with van der Waals surface area (Å²) in [6.45, 7) is 7.22. The highest BCUT2D eigenvalue weighted by Crippen LogP contribution is 2.45. The Hall–Kier alpha value is -0.0400. The van der Waals surface area contributed by atoms with Crippen molar-refractivity contribution in [1.29, 1.82) is 0 Å². The van der Waals surface area contributed by atoms with Gasteiger partial charge in [-0.15, -0.1) is 0 Å². The highest BCUT2D eigenvalue weighted by Gasteiger charge is 2.35. The molecule has 202 valence electrons. The maximum Gasteiger partial charge on any atom is -0.00179 e. The van der Waals surface area contributed by atoms with E-state index in [4.69, 9.17) is 0 Å².